The van der Waals surface area contributed by atoms with Gasteiger partial charge in [0.2, 0.25) is 5.91 Å². The predicted molar refractivity (Wildman–Crippen MR) is 76.7 cm³/mol. The van der Waals surface area contributed by atoms with E-state index in [0.717, 1.165) is 25.2 Å². The maximum absolute atomic E-state index is 10.6. The van der Waals surface area contributed by atoms with E-state index in [2.05, 4.69) is 30.4 Å². The molecule has 0 spiro atoms. The summed E-state index contributed by atoms with van der Waals surface area (Å²) in [5.74, 6) is 0.564. The van der Waals surface area contributed by atoms with E-state index in [1.165, 1.54) is 11.1 Å². The van der Waals surface area contributed by atoms with Crippen molar-refractivity contribution in [3.05, 3.63) is 29.3 Å². The molecule has 0 aromatic heterocycles. The molecule has 1 unspecified atom stereocenters. The topological polar surface area (TPSA) is 73.6 Å². The van der Waals surface area contributed by atoms with Crippen molar-refractivity contribution in [2.24, 2.45) is 5.73 Å². The molecule has 0 aliphatic carbocycles. The summed E-state index contributed by atoms with van der Waals surface area (Å²) in [7, 11) is 0. The van der Waals surface area contributed by atoms with Crippen LogP contribution in [-0.4, -0.2) is 32.3 Å². The molecular formula is C15H22N2O3. The molecular weight excluding hydrogens is 256 g/mol. The first-order valence-electron chi connectivity index (χ1n) is 7.00. The zero-order valence-corrected chi connectivity index (χ0v) is 11.9. The van der Waals surface area contributed by atoms with Crippen molar-refractivity contribution in [1.82, 2.24) is 5.32 Å². The molecule has 1 aromatic carbocycles. The lowest BCUT2D eigenvalue weighted by Gasteiger charge is -2.19. The highest BCUT2D eigenvalue weighted by Crippen LogP contribution is 2.33. The monoisotopic (exact) mass is 278 g/mol. The summed E-state index contributed by atoms with van der Waals surface area (Å²) in [4.78, 5) is 10.6. The third-order valence-corrected chi connectivity index (χ3v) is 3.38. The Bertz CT molecular complexity index is 462. The summed E-state index contributed by atoms with van der Waals surface area (Å²) in [5, 5.41) is 3.46. The number of primary amides is 1. The van der Waals surface area contributed by atoms with E-state index in [4.69, 9.17) is 15.2 Å². The fourth-order valence-electron chi connectivity index (χ4n) is 2.45. The SMILES string of the molecule is Cc1cccc2c1OCCCC2NCCOCC(N)=O. The second kappa shape index (κ2) is 7.26. The van der Waals surface area contributed by atoms with Crippen LogP contribution in [0, 0.1) is 6.92 Å². The minimum absolute atomic E-state index is 0.0227. The predicted octanol–water partition coefficient (Wildman–Crippen LogP) is 1.30. The Morgan fingerprint density at radius 1 is 1.55 bits per heavy atom. The van der Waals surface area contributed by atoms with Crippen LogP contribution < -0.4 is 15.8 Å². The van der Waals surface area contributed by atoms with Gasteiger partial charge in [-0.15, -0.1) is 0 Å². The molecule has 1 aliphatic heterocycles. The maximum Gasteiger partial charge on any atom is 0.243 e. The summed E-state index contributed by atoms with van der Waals surface area (Å²) in [5.41, 5.74) is 7.39. The number of nitrogens with one attached hydrogen (secondary N) is 1. The number of ether oxygens (including phenoxy) is 2. The number of carbonyl (C=O) groups is 1. The number of hydrogen-bond acceptors (Lipinski definition) is 4. The molecule has 20 heavy (non-hydrogen) atoms. The van der Waals surface area contributed by atoms with Crippen LogP contribution in [0.5, 0.6) is 5.75 Å². The molecule has 110 valence electrons. The van der Waals surface area contributed by atoms with Crippen LogP contribution in [0.4, 0.5) is 0 Å². The molecule has 0 fully saturated rings. The number of amides is 1. The van der Waals surface area contributed by atoms with E-state index < -0.39 is 5.91 Å². The minimum Gasteiger partial charge on any atom is -0.493 e. The van der Waals surface area contributed by atoms with Gasteiger partial charge in [0.1, 0.15) is 12.4 Å². The van der Waals surface area contributed by atoms with Gasteiger partial charge in [-0.2, -0.15) is 0 Å². The van der Waals surface area contributed by atoms with Crippen molar-refractivity contribution in [1.29, 1.82) is 0 Å². The van der Waals surface area contributed by atoms with Gasteiger partial charge in [-0.1, -0.05) is 18.2 Å². The Kier molecular flexibility index (Phi) is 5.38. The lowest BCUT2D eigenvalue weighted by atomic mass is 10.00. The summed E-state index contributed by atoms with van der Waals surface area (Å²) in [6.45, 7) is 3.96. The van der Waals surface area contributed by atoms with Gasteiger partial charge in [-0.3, -0.25) is 4.79 Å². The third kappa shape index (κ3) is 3.95. The molecule has 0 radical (unpaired) electrons. The summed E-state index contributed by atoms with van der Waals surface area (Å²) < 4.78 is 11.0. The van der Waals surface area contributed by atoms with Crippen LogP contribution >= 0.6 is 0 Å². The second-order valence-electron chi connectivity index (χ2n) is 5.01. The molecule has 5 nitrogen and oxygen atoms in total. The first-order chi connectivity index (χ1) is 9.68. The molecule has 5 heteroatoms. The Hall–Kier alpha value is -1.59. The molecule has 1 aliphatic rings. The fourth-order valence-corrected chi connectivity index (χ4v) is 2.45. The van der Waals surface area contributed by atoms with Gasteiger partial charge in [0.25, 0.3) is 0 Å². The Labute approximate surface area is 119 Å². The fraction of sp³-hybridized carbons (Fsp3) is 0.533. The average Bonchev–Trinajstić information content (AvgIpc) is 2.62. The van der Waals surface area contributed by atoms with E-state index in [1.54, 1.807) is 0 Å². The molecule has 0 saturated heterocycles. The Balaban J connectivity index is 1.92. The smallest absolute Gasteiger partial charge is 0.243 e. The first-order valence-corrected chi connectivity index (χ1v) is 7.00. The van der Waals surface area contributed by atoms with Gasteiger partial charge in [0, 0.05) is 18.2 Å². The summed E-state index contributed by atoms with van der Waals surface area (Å²) in [6.07, 6.45) is 2.06. The maximum atomic E-state index is 10.6. The van der Waals surface area contributed by atoms with E-state index in [0.29, 0.717) is 13.2 Å². The standard InChI is InChI=1S/C15H22N2O3/c1-11-4-2-5-12-13(6-3-8-20-15(11)12)17-7-9-19-10-14(16)18/h2,4-5,13,17H,3,6-10H2,1H3,(H2,16,18). The number of benzene rings is 1. The minimum atomic E-state index is -0.436. The Morgan fingerprint density at radius 2 is 2.40 bits per heavy atom. The largest absolute Gasteiger partial charge is 0.493 e. The average molecular weight is 278 g/mol. The van der Waals surface area contributed by atoms with Crippen molar-refractivity contribution < 1.29 is 14.3 Å². The van der Waals surface area contributed by atoms with Gasteiger partial charge in [0.05, 0.1) is 13.2 Å². The van der Waals surface area contributed by atoms with Crippen LogP contribution in [0.2, 0.25) is 0 Å². The van der Waals surface area contributed by atoms with Gasteiger partial charge in [-0.05, 0) is 25.3 Å². The number of nitrogens with two attached hydrogens (primary N) is 1. The quantitative estimate of drug-likeness (QED) is 0.769. The number of para-hydroxylation sites is 1. The lowest BCUT2D eigenvalue weighted by Crippen LogP contribution is -2.27. The normalized spacial score (nSPS) is 17.9. The number of hydrogen-bond donors (Lipinski definition) is 2. The van der Waals surface area contributed by atoms with Gasteiger partial charge in [-0.25, -0.2) is 0 Å². The van der Waals surface area contributed by atoms with Crippen molar-refractivity contribution in [3.8, 4) is 5.75 Å². The van der Waals surface area contributed by atoms with Crippen LogP contribution in [0.3, 0.4) is 0 Å². The third-order valence-electron chi connectivity index (χ3n) is 3.38. The zero-order chi connectivity index (χ0) is 14.4. The zero-order valence-electron chi connectivity index (χ0n) is 11.9. The van der Waals surface area contributed by atoms with Crippen LogP contribution in [0.25, 0.3) is 0 Å². The van der Waals surface area contributed by atoms with E-state index in [-0.39, 0.29) is 12.6 Å². The second-order valence-corrected chi connectivity index (χ2v) is 5.01. The van der Waals surface area contributed by atoms with Crippen molar-refractivity contribution in [2.45, 2.75) is 25.8 Å². The molecule has 3 N–H and O–H groups in total. The Morgan fingerprint density at radius 3 is 3.20 bits per heavy atom. The van der Waals surface area contributed by atoms with Crippen molar-refractivity contribution in [3.63, 3.8) is 0 Å². The van der Waals surface area contributed by atoms with Crippen LogP contribution in [0.15, 0.2) is 18.2 Å². The molecule has 2 rings (SSSR count). The molecule has 1 atom stereocenters. The van der Waals surface area contributed by atoms with Crippen molar-refractivity contribution in [2.75, 3.05) is 26.4 Å². The highest BCUT2D eigenvalue weighted by Gasteiger charge is 2.20. The van der Waals surface area contributed by atoms with Crippen molar-refractivity contribution >= 4 is 5.91 Å². The molecule has 1 amide bonds. The van der Waals surface area contributed by atoms with Gasteiger partial charge < -0.3 is 20.5 Å². The number of rotatable bonds is 6. The molecule has 1 heterocycles. The van der Waals surface area contributed by atoms with E-state index in [9.17, 15) is 4.79 Å². The van der Waals surface area contributed by atoms with Crippen LogP contribution in [-0.2, 0) is 9.53 Å². The molecule has 0 bridgehead atoms. The van der Waals surface area contributed by atoms with E-state index >= 15 is 0 Å². The highest BCUT2D eigenvalue weighted by atomic mass is 16.5. The number of aryl methyl sites for hydroxylation is 1. The lowest BCUT2D eigenvalue weighted by molar-refractivity contribution is -0.122. The van der Waals surface area contributed by atoms with Crippen LogP contribution in [0.1, 0.15) is 30.0 Å². The molecule has 0 saturated carbocycles. The van der Waals surface area contributed by atoms with Gasteiger partial charge in [0.15, 0.2) is 0 Å². The number of carbonyl (C=O) groups excluding carboxylic acids is 1. The van der Waals surface area contributed by atoms with Gasteiger partial charge >= 0.3 is 0 Å². The first kappa shape index (κ1) is 14.8. The highest BCUT2D eigenvalue weighted by molar-refractivity contribution is 5.74. The summed E-state index contributed by atoms with van der Waals surface area (Å²) in [6, 6.07) is 6.50. The molecule has 1 aromatic rings. The summed E-state index contributed by atoms with van der Waals surface area (Å²) >= 11 is 0. The van der Waals surface area contributed by atoms with E-state index in [1.807, 2.05) is 0 Å². The number of fused-ring (bicyclic) bond motifs is 1.